The van der Waals surface area contributed by atoms with Crippen molar-refractivity contribution in [2.24, 2.45) is 11.8 Å². The minimum Gasteiger partial charge on any atom is -0.376 e. The Balaban J connectivity index is 1.30. The highest BCUT2D eigenvalue weighted by molar-refractivity contribution is 7.99. The number of rotatable bonds is 12. The maximum Gasteiger partial charge on any atom is 0.293 e. The molecule has 1 aliphatic heterocycles. The van der Waals surface area contributed by atoms with Crippen molar-refractivity contribution in [2.75, 3.05) is 30.7 Å². The SMILES string of the molecule is O=C(NS(=O)(=O)c1ccc(N[C@H](CCN2CC3C(C2)C3(F)F)CSc2ccccc2)c([N+](=O)[O-])c1)C1(F)CCCCC1. The first-order valence-electron chi connectivity index (χ1n) is 14.0. The van der Waals surface area contributed by atoms with Crippen molar-refractivity contribution in [3.8, 4) is 0 Å². The van der Waals surface area contributed by atoms with Crippen LogP contribution in [-0.4, -0.2) is 67.2 Å². The number of benzene rings is 2. The van der Waals surface area contributed by atoms with Gasteiger partial charge in [-0.2, -0.15) is 0 Å². The van der Waals surface area contributed by atoms with E-state index in [2.05, 4.69) is 5.32 Å². The number of nitrogens with one attached hydrogen (secondary N) is 2. The summed E-state index contributed by atoms with van der Waals surface area (Å²) in [4.78, 5) is 26.2. The summed E-state index contributed by atoms with van der Waals surface area (Å²) in [6, 6.07) is 12.5. The molecule has 9 nitrogen and oxygen atoms in total. The third kappa shape index (κ3) is 6.70. The summed E-state index contributed by atoms with van der Waals surface area (Å²) < 4.78 is 69.9. The van der Waals surface area contributed by atoms with Crippen LogP contribution < -0.4 is 10.0 Å². The minimum atomic E-state index is -4.57. The number of nitrogens with zero attached hydrogens (tertiary/aromatic N) is 2. The van der Waals surface area contributed by atoms with Crippen molar-refractivity contribution in [1.29, 1.82) is 0 Å². The molecule has 0 spiro atoms. The fraction of sp³-hybridized carbons (Fsp3) is 0.536. The molecule has 1 heterocycles. The van der Waals surface area contributed by atoms with Gasteiger partial charge < -0.3 is 10.2 Å². The average molecular weight is 627 g/mol. The second-order valence-corrected chi connectivity index (χ2v) is 14.1. The predicted molar refractivity (Wildman–Crippen MR) is 153 cm³/mol. The van der Waals surface area contributed by atoms with Gasteiger partial charge in [-0.1, -0.05) is 24.6 Å². The molecule has 3 aliphatic rings. The predicted octanol–water partition coefficient (Wildman–Crippen LogP) is 5.23. The van der Waals surface area contributed by atoms with Gasteiger partial charge in [0.15, 0.2) is 5.67 Å². The normalized spacial score (nSPS) is 23.5. The van der Waals surface area contributed by atoms with Gasteiger partial charge in [-0.3, -0.25) is 14.9 Å². The van der Waals surface area contributed by atoms with E-state index in [0.29, 0.717) is 44.6 Å². The second-order valence-electron chi connectivity index (χ2n) is 11.3. The summed E-state index contributed by atoms with van der Waals surface area (Å²) >= 11 is 1.53. The van der Waals surface area contributed by atoms with Crippen molar-refractivity contribution in [1.82, 2.24) is 9.62 Å². The molecule has 1 amide bonds. The number of hydrogen-bond donors (Lipinski definition) is 2. The Hall–Kier alpha value is -2.84. The third-order valence-electron chi connectivity index (χ3n) is 8.38. The van der Waals surface area contributed by atoms with Crippen LogP contribution in [0.1, 0.15) is 38.5 Å². The molecule has 2 unspecified atom stereocenters. The molecule has 2 saturated carbocycles. The van der Waals surface area contributed by atoms with E-state index in [1.165, 1.54) is 17.8 Å². The molecule has 2 aromatic rings. The number of thioether (sulfide) groups is 1. The highest BCUT2D eigenvalue weighted by atomic mass is 32.2. The topological polar surface area (TPSA) is 122 Å². The number of amides is 1. The zero-order chi connectivity index (χ0) is 30.1. The van der Waals surface area contributed by atoms with Crippen LogP contribution in [0.4, 0.5) is 24.5 Å². The summed E-state index contributed by atoms with van der Waals surface area (Å²) in [5.41, 5.74) is -2.74. The van der Waals surface area contributed by atoms with Gasteiger partial charge in [0.25, 0.3) is 27.5 Å². The van der Waals surface area contributed by atoms with Crippen LogP contribution in [-0.2, 0) is 14.8 Å². The van der Waals surface area contributed by atoms with Gasteiger partial charge in [-0.15, -0.1) is 11.8 Å². The van der Waals surface area contributed by atoms with Crippen molar-refractivity contribution >= 4 is 39.1 Å². The molecule has 2 N–H and O–H groups in total. The largest absolute Gasteiger partial charge is 0.376 e. The van der Waals surface area contributed by atoms with Crippen LogP contribution in [0.15, 0.2) is 58.3 Å². The number of hydrogen-bond acceptors (Lipinski definition) is 8. The van der Waals surface area contributed by atoms with Crippen molar-refractivity contribution in [3.63, 3.8) is 0 Å². The van der Waals surface area contributed by atoms with Gasteiger partial charge in [-0.25, -0.2) is 26.3 Å². The number of halogens is 3. The molecule has 0 bridgehead atoms. The molecule has 14 heteroatoms. The molecule has 3 fully saturated rings. The zero-order valence-corrected chi connectivity index (χ0v) is 24.4. The molecule has 3 atom stereocenters. The van der Waals surface area contributed by atoms with Gasteiger partial charge in [0, 0.05) is 54.2 Å². The first-order chi connectivity index (χ1) is 19.9. The molecule has 1 saturated heterocycles. The van der Waals surface area contributed by atoms with E-state index < -0.39 is 54.9 Å². The lowest BCUT2D eigenvalue weighted by molar-refractivity contribution is -0.384. The Kier molecular flexibility index (Phi) is 8.77. The van der Waals surface area contributed by atoms with Gasteiger partial charge in [0.2, 0.25) is 0 Å². The molecule has 0 radical (unpaired) electrons. The highest BCUT2D eigenvalue weighted by Crippen LogP contribution is 2.59. The van der Waals surface area contributed by atoms with E-state index in [1.54, 1.807) is 4.72 Å². The van der Waals surface area contributed by atoms with Gasteiger partial charge in [0.05, 0.1) is 9.82 Å². The number of sulfonamides is 1. The lowest BCUT2D eigenvalue weighted by Crippen LogP contribution is -2.46. The van der Waals surface area contributed by atoms with E-state index in [0.717, 1.165) is 23.4 Å². The number of piperidine rings is 1. The molecule has 5 rings (SSSR count). The number of nitro benzene ring substituents is 1. The Labute approximate surface area is 246 Å². The van der Waals surface area contributed by atoms with E-state index in [4.69, 9.17) is 0 Å². The van der Waals surface area contributed by atoms with Gasteiger partial charge >= 0.3 is 0 Å². The van der Waals surface area contributed by atoms with Crippen LogP contribution >= 0.6 is 11.8 Å². The Bertz CT molecular complexity index is 1410. The van der Waals surface area contributed by atoms with Crippen LogP contribution in [0.25, 0.3) is 0 Å². The average Bonchev–Trinajstić information content (AvgIpc) is 3.25. The monoisotopic (exact) mass is 626 g/mol. The number of anilines is 1. The first kappa shape index (κ1) is 30.6. The van der Waals surface area contributed by atoms with Gasteiger partial charge in [-0.05, 0) is 56.4 Å². The fourth-order valence-electron chi connectivity index (χ4n) is 5.80. The van der Waals surface area contributed by atoms with E-state index in [9.17, 15) is 32.1 Å². The maximum atomic E-state index is 15.0. The standard InChI is InChI=1S/C28H33F3N4O5S2/c29-27(12-5-2-6-13-27)26(36)33-42(39,40)21-9-10-24(25(15-21)35(37)38)32-19(18-41-20-7-3-1-4-8-20)11-14-34-16-22-23(17-34)28(22,30)31/h1,3-4,7-10,15,19,22-23,32H,2,5-6,11-14,16-18H2,(H,33,36)/t19-,22?,23?/m1/s1. The lowest BCUT2D eigenvalue weighted by atomic mass is 9.86. The maximum absolute atomic E-state index is 15.0. The Morgan fingerprint density at radius 1 is 1.07 bits per heavy atom. The summed E-state index contributed by atoms with van der Waals surface area (Å²) in [7, 11) is -4.57. The molecular formula is C28H33F3N4O5S2. The molecule has 228 valence electrons. The number of alkyl halides is 3. The van der Waals surface area contributed by atoms with E-state index in [1.807, 2.05) is 35.2 Å². The molecular weight excluding hydrogens is 593 g/mol. The highest BCUT2D eigenvalue weighted by Gasteiger charge is 2.71. The van der Waals surface area contributed by atoms with E-state index in [-0.39, 0.29) is 24.6 Å². The molecule has 42 heavy (non-hydrogen) atoms. The molecule has 2 aliphatic carbocycles. The first-order valence-corrected chi connectivity index (χ1v) is 16.4. The number of carbonyl (C=O) groups excluding carboxylic acids is 1. The fourth-order valence-corrected chi connectivity index (χ4v) is 7.86. The van der Waals surface area contributed by atoms with Crippen molar-refractivity contribution in [2.45, 2.75) is 65.9 Å². The molecule has 0 aromatic heterocycles. The summed E-state index contributed by atoms with van der Waals surface area (Å²) in [5, 5.41) is 15.1. The van der Waals surface area contributed by atoms with Crippen LogP contribution in [0.3, 0.4) is 0 Å². The zero-order valence-electron chi connectivity index (χ0n) is 22.8. The van der Waals surface area contributed by atoms with Crippen molar-refractivity contribution < 1.29 is 31.3 Å². The minimum absolute atomic E-state index is 0.0778. The summed E-state index contributed by atoms with van der Waals surface area (Å²) in [6.07, 6.45) is 2.03. The lowest BCUT2D eigenvalue weighted by Gasteiger charge is -2.27. The van der Waals surface area contributed by atoms with Crippen LogP contribution in [0.2, 0.25) is 0 Å². The smallest absolute Gasteiger partial charge is 0.293 e. The Morgan fingerprint density at radius 3 is 2.38 bits per heavy atom. The van der Waals surface area contributed by atoms with E-state index >= 15 is 4.39 Å². The number of nitro groups is 1. The van der Waals surface area contributed by atoms with Crippen LogP contribution in [0, 0.1) is 22.0 Å². The van der Waals surface area contributed by atoms with Crippen LogP contribution in [0.5, 0.6) is 0 Å². The summed E-state index contributed by atoms with van der Waals surface area (Å²) in [5.74, 6) is -4.55. The number of fused-ring (bicyclic) bond motifs is 1. The quantitative estimate of drug-likeness (QED) is 0.187. The Morgan fingerprint density at radius 2 is 1.74 bits per heavy atom. The summed E-state index contributed by atoms with van der Waals surface area (Å²) in [6.45, 7) is 1.15. The van der Waals surface area contributed by atoms with Crippen molar-refractivity contribution in [3.05, 3.63) is 58.6 Å². The number of carbonyl (C=O) groups is 1. The number of likely N-dealkylation sites (tertiary alicyclic amines) is 1. The second kappa shape index (κ2) is 12.0. The third-order valence-corrected chi connectivity index (χ3v) is 10.9. The molecule has 2 aromatic carbocycles. The van der Waals surface area contributed by atoms with Gasteiger partial charge in [0.1, 0.15) is 5.69 Å².